The van der Waals surface area contributed by atoms with Crippen molar-refractivity contribution in [1.82, 2.24) is 15.6 Å². The third kappa shape index (κ3) is 4.10. The van der Waals surface area contributed by atoms with Crippen molar-refractivity contribution in [2.45, 2.75) is 13.3 Å². The molecule has 0 atom stereocenters. The molecule has 0 aliphatic carbocycles. The molecule has 0 fully saturated rings. The van der Waals surface area contributed by atoms with E-state index in [-0.39, 0.29) is 11.7 Å². The van der Waals surface area contributed by atoms with Gasteiger partial charge >= 0.3 is 0 Å². The number of carbonyl (C=O) groups is 3. The summed E-state index contributed by atoms with van der Waals surface area (Å²) in [6, 6.07) is 1.52. The highest BCUT2D eigenvalue weighted by Crippen LogP contribution is 2.03. The second-order valence-corrected chi connectivity index (χ2v) is 3.54. The van der Waals surface area contributed by atoms with Gasteiger partial charge in [-0.25, -0.2) is 0 Å². The summed E-state index contributed by atoms with van der Waals surface area (Å²) in [7, 11) is 0. The van der Waals surface area contributed by atoms with Gasteiger partial charge in [0.1, 0.15) is 5.69 Å². The fourth-order valence-electron chi connectivity index (χ4n) is 1.28. The molecular formula is C11H15N3O3. The lowest BCUT2D eigenvalue weighted by Gasteiger charge is -2.02. The second-order valence-electron chi connectivity index (χ2n) is 3.54. The van der Waals surface area contributed by atoms with E-state index in [1.165, 1.54) is 19.2 Å². The first-order valence-electron chi connectivity index (χ1n) is 5.29. The Morgan fingerprint density at radius 3 is 2.76 bits per heavy atom. The number of aromatic nitrogens is 1. The van der Waals surface area contributed by atoms with Crippen LogP contribution in [0.4, 0.5) is 0 Å². The maximum Gasteiger partial charge on any atom is 0.267 e. The van der Waals surface area contributed by atoms with Crippen molar-refractivity contribution in [2.75, 3.05) is 13.1 Å². The summed E-state index contributed by atoms with van der Waals surface area (Å²) < 4.78 is 0. The first-order chi connectivity index (χ1) is 8.15. The number of hydrogen-bond acceptors (Lipinski definition) is 3. The molecule has 17 heavy (non-hydrogen) atoms. The normalized spacial score (nSPS) is 9.71. The first-order valence-corrected chi connectivity index (χ1v) is 5.29. The highest BCUT2D eigenvalue weighted by molar-refractivity contribution is 5.99. The molecule has 1 rings (SSSR count). The van der Waals surface area contributed by atoms with E-state index in [4.69, 9.17) is 0 Å². The Morgan fingerprint density at radius 1 is 1.41 bits per heavy atom. The van der Waals surface area contributed by atoms with Crippen LogP contribution in [0.2, 0.25) is 0 Å². The van der Waals surface area contributed by atoms with Gasteiger partial charge in [-0.2, -0.15) is 0 Å². The van der Waals surface area contributed by atoms with Gasteiger partial charge in [0.15, 0.2) is 5.78 Å². The maximum atomic E-state index is 11.6. The van der Waals surface area contributed by atoms with Gasteiger partial charge in [0.05, 0.1) is 0 Å². The second kappa shape index (κ2) is 6.47. The Bertz CT molecular complexity index is 412. The van der Waals surface area contributed by atoms with Gasteiger partial charge in [-0.3, -0.25) is 14.4 Å². The molecule has 6 heteroatoms. The van der Waals surface area contributed by atoms with Crippen molar-refractivity contribution in [1.29, 1.82) is 0 Å². The van der Waals surface area contributed by atoms with Gasteiger partial charge in [-0.15, -0.1) is 0 Å². The molecule has 0 aliphatic heterocycles. The highest BCUT2D eigenvalue weighted by atomic mass is 16.2. The lowest BCUT2D eigenvalue weighted by molar-refractivity contribution is -0.109. The number of Topliss-reactive ketones (excluding diaryl/α,β-unsaturated/α-hetero) is 1. The monoisotopic (exact) mass is 237 g/mol. The molecule has 1 heterocycles. The summed E-state index contributed by atoms with van der Waals surface area (Å²) in [5.74, 6) is -0.348. The molecule has 0 aromatic carbocycles. The molecule has 6 nitrogen and oxygen atoms in total. The summed E-state index contributed by atoms with van der Waals surface area (Å²) in [6.45, 7) is 2.43. The Kier molecular flexibility index (Phi) is 4.93. The number of hydrogen-bond donors (Lipinski definition) is 3. The zero-order chi connectivity index (χ0) is 12.7. The third-order valence-electron chi connectivity index (χ3n) is 2.20. The summed E-state index contributed by atoms with van der Waals surface area (Å²) in [4.78, 5) is 35.3. The zero-order valence-electron chi connectivity index (χ0n) is 9.58. The van der Waals surface area contributed by atoms with E-state index in [0.717, 1.165) is 0 Å². The van der Waals surface area contributed by atoms with Crippen LogP contribution in [0.5, 0.6) is 0 Å². The van der Waals surface area contributed by atoms with Crippen molar-refractivity contribution in [2.24, 2.45) is 0 Å². The van der Waals surface area contributed by atoms with E-state index in [1.54, 1.807) is 0 Å². The summed E-state index contributed by atoms with van der Waals surface area (Å²) in [5.41, 5.74) is 0.844. The van der Waals surface area contributed by atoms with Crippen LogP contribution in [0.15, 0.2) is 12.3 Å². The number of rotatable bonds is 7. The number of aromatic amines is 1. The van der Waals surface area contributed by atoms with Crippen LogP contribution in [-0.4, -0.2) is 36.2 Å². The van der Waals surface area contributed by atoms with Crippen LogP contribution in [-0.2, 0) is 4.79 Å². The Balaban J connectivity index is 2.36. The quantitative estimate of drug-likeness (QED) is 0.356. The van der Waals surface area contributed by atoms with E-state index in [2.05, 4.69) is 15.6 Å². The fraction of sp³-hybridized carbons (Fsp3) is 0.364. The van der Waals surface area contributed by atoms with E-state index in [1.807, 2.05) is 0 Å². The summed E-state index contributed by atoms with van der Waals surface area (Å²) in [6.07, 6.45) is 2.78. The van der Waals surface area contributed by atoms with Crippen LogP contribution >= 0.6 is 0 Å². The topological polar surface area (TPSA) is 91.1 Å². The lowest BCUT2D eigenvalue weighted by atomic mass is 10.2. The van der Waals surface area contributed by atoms with Gasteiger partial charge in [0.25, 0.3) is 5.91 Å². The molecule has 0 saturated heterocycles. The van der Waals surface area contributed by atoms with Crippen LogP contribution in [0.3, 0.4) is 0 Å². The maximum absolute atomic E-state index is 11.6. The minimum absolute atomic E-state index is 0.0875. The van der Waals surface area contributed by atoms with Crippen molar-refractivity contribution < 1.29 is 14.4 Å². The fourth-order valence-corrected chi connectivity index (χ4v) is 1.28. The van der Waals surface area contributed by atoms with Crippen molar-refractivity contribution >= 4 is 18.1 Å². The number of H-pyrrole nitrogens is 1. The lowest BCUT2D eigenvalue weighted by Crippen LogP contribution is -2.27. The smallest absolute Gasteiger partial charge is 0.267 e. The minimum atomic E-state index is -0.261. The van der Waals surface area contributed by atoms with Crippen molar-refractivity contribution in [3.8, 4) is 0 Å². The molecule has 0 saturated carbocycles. The molecule has 0 bridgehead atoms. The average molecular weight is 237 g/mol. The van der Waals surface area contributed by atoms with E-state index < -0.39 is 0 Å². The first kappa shape index (κ1) is 13.0. The predicted octanol–water partition coefficient (Wildman–Crippen LogP) is 0.0832. The van der Waals surface area contributed by atoms with E-state index >= 15 is 0 Å². The number of ketones is 1. The SMILES string of the molecule is CC(=O)c1c[nH]c(C(=O)NCCCNC=O)c1. The standard InChI is InChI=1S/C11H15N3O3/c1-8(16)9-5-10(14-6-9)11(17)13-4-2-3-12-7-15/h5-7,14H,2-4H2,1H3,(H,12,15)(H,13,17). The molecule has 92 valence electrons. The van der Waals surface area contributed by atoms with Gasteiger partial charge in [-0.1, -0.05) is 0 Å². The van der Waals surface area contributed by atoms with Crippen molar-refractivity contribution in [3.05, 3.63) is 23.5 Å². The number of carbonyl (C=O) groups excluding carboxylic acids is 3. The largest absolute Gasteiger partial charge is 0.359 e. The van der Waals surface area contributed by atoms with E-state index in [9.17, 15) is 14.4 Å². The van der Waals surface area contributed by atoms with Crippen LogP contribution < -0.4 is 10.6 Å². The molecular weight excluding hydrogens is 222 g/mol. The Morgan fingerprint density at radius 2 is 2.18 bits per heavy atom. The average Bonchev–Trinajstić information content (AvgIpc) is 2.78. The summed E-state index contributed by atoms with van der Waals surface area (Å²) >= 11 is 0. The van der Waals surface area contributed by atoms with Crippen molar-refractivity contribution in [3.63, 3.8) is 0 Å². The zero-order valence-corrected chi connectivity index (χ0v) is 9.58. The predicted molar refractivity (Wildman–Crippen MR) is 61.8 cm³/mol. The minimum Gasteiger partial charge on any atom is -0.359 e. The highest BCUT2D eigenvalue weighted by Gasteiger charge is 2.09. The van der Waals surface area contributed by atoms with Gasteiger partial charge < -0.3 is 15.6 Å². The molecule has 0 unspecified atom stereocenters. The molecule has 1 aromatic heterocycles. The molecule has 0 spiro atoms. The molecule has 0 aliphatic rings. The molecule has 2 amide bonds. The van der Waals surface area contributed by atoms with E-state index in [0.29, 0.717) is 37.2 Å². The molecule has 3 N–H and O–H groups in total. The number of amides is 2. The van der Waals surface area contributed by atoms with Crippen LogP contribution in [0.25, 0.3) is 0 Å². The van der Waals surface area contributed by atoms with Crippen LogP contribution in [0, 0.1) is 0 Å². The van der Waals surface area contributed by atoms with Gasteiger partial charge in [-0.05, 0) is 19.4 Å². The summed E-state index contributed by atoms with van der Waals surface area (Å²) in [5, 5.41) is 5.17. The Labute approximate surface area is 98.8 Å². The Hall–Kier alpha value is -2.11. The third-order valence-corrected chi connectivity index (χ3v) is 2.20. The van der Waals surface area contributed by atoms with Gasteiger partial charge in [0.2, 0.25) is 6.41 Å². The molecule has 1 aromatic rings. The van der Waals surface area contributed by atoms with Crippen LogP contribution in [0.1, 0.15) is 34.2 Å². The van der Waals surface area contributed by atoms with Gasteiger partial charge in [0, 0.05) is 24.8 Å². The number of nitrogens with one attached hydrogen (secondary N) is 3. The molecule has 0 radical (unpaired) electrons.